The minimum atomic E-state index is -0.509. The Morgan fingerprint density at radius 1 is 1.17 bits per heavy atom. The molecule has 1 amide bonds. The molecule has 0 aromatic heterocycles. The van der Waals surface area contributed by atoms with E-state index in [9.17, 15) is 4.79 Å². The average molecular weight is 533 g/mol. The maximum absolute atomic E-state index is 10.8. The van der Waals surface area contributed by atoms with Crippen LogP contribution in [0.2, 0.25) is 5.02 Å². The molecule has 29 heavy (non-hydrogen) atoms. The van der Waals surface area contributed by atoms with Gasteiger partial charge in [0.25, 0.3) is 5.91 Å². The first-order chi connectivity index (χ1) is 13.5. The molecule has 0 saturated heterocycles. The molecule has 4 N–H and O–H groups in total. The van der Waals surface area contributed by atoms with Crippen LogP contribution in [-0.4, -0.2) is 39.2 Å². The summed E-state index contributed by atoms with van der Waals surface area (Å²) in [6.45, 7) is 1.08. The van der Waals surface area contributed by atoms with Gasteiger partial charge < -0.3 is 25.8 Å². The van der Waals surface area contributed by atoms with Crippen LogP contribution in [0.5, 0.6) is 11.5 Å². The number of hydrogen-bond donors (Lipinski definition) is 3. The number of primary amides is 1. The Bertz CT molecular complexity index is 833. The average Bonchev–Trinajstić information content (AvgIpc) is 2.70. The zero-order valence-electron chi connectivity index (χ0n) is 16.4. The third kappa shape index (κ3) is 8.78. The van der Waals surface area contributed by atoms with Gasteiger partial charge >= 0.3 is 0 Å². The van der Waals surface area contributed by atoms with Gasteiger partial charge in [-0.15, -0.1) is 24.0 Å². The van der Waals surface area contributed by atoms with Gasteiger partial charge in [-0.05, 0) is 41.8 Å². The molecule has 0 atom stereocenters. The maximum atomic E-state index is 10.8. The lowest BCUT2D eigenvalue weighted by Crippen LogP contribution is -2.37. The van der Waals surface area contributed by atoms with Crippen molar-refractivity contribution in [3.8, 4) is 11.5 Å². The summed E-state index contributed by atoms with van der Waals surface area (Å²) in [5, 5.41) is 7.17. The normalized spacial score (nSPS) is 10.7. The van der Waals surface area contributed by atoms with Gasteiger partial charge in [-0.2, -0.15) is 0 Å². The van der Waals surface area contributed by atoms with E-state index in [0.717, 1.165) is 23.3 Å². The van der Waals surface area contributed by atoms with Crippen molar-refractivity contribution >= 4 is 47.4 Å². The number of hydrogen-bond acceptors (Lipinski definition) is 4. The summed E-state index contributed by atoms with van der Waals surface area (Å²) in [5.41, 5.74) is 7.11. The van der Waals surface area contributed by atoms with Crippen molar-refractivity contribution in [2.45, 2.75) is 13.0 Å². The van der Waals surface area contributed by atoms with Crippen LogP contribution < -0.4 is 25.8 Å². The van der Waals surface area contributed by atoms with E-state index in [1.165, 1.54) is 0 Å². The number of halogens is 2. The van der Waals surface area contributed by atoms with Crippen LogP contribution in [0.4, 0.5) is 0 Å². The molecule has 0 unspecified atom stereocenters. The maximum Gasteiger partial charge on any atom is 0.255 e. The molecule has 0 fully saturated rings. The molecule has 0 heterocycles. The van der Waals surface area contributed by atoms with Crippen molar-refractivity contribution in [3.05, 3.63) is 58.6 Å². The van der Waals surface area contributed by atoms with E-state index in [4.69, 9.17) is 26.8 Å². The molecule has 0 aliphatic heterocycles. The number of carbonyl (C=O) groups is 1. The summed E-state index contributed by atoms with van der Waals surface area (Å²) in [5.74, 6) is 1.50. The number of benzene rings is 2. The predicted octanol–water partition coefficient (Wildman–Crippen LogP) is 2.74. The second-order valence-electron chi connectivity index (χ2n) is 5.96. The van der Waals surface area contributed by atoms with Gasteiger partial charge in [0.15, 0.2) is 12.6 Å². The third-order valence-corrected chi connectivity index (χ3v) is 4.26. The number of nitrogens with zero attached hydrogens (tertiary/aromatic N) is 1. The molecule has 0 radical (unpaired) electrons. The predicted molar refractivity (Wildman–Crippen MR) is 126 cm³/mol. The van der Waals surface area contributed by atoms with Gasteiger partial charge in [0.05, 0.1) is 7.11 Å². The van der Waals surface area contributed by atoms with Gasteiger partial charge in [0, 0.05) is 25.2 Å². The fraction of sp³-hybridized carbons (Fsp3) is 0.300. The smallest absolute Gasteiger partial charge is 0.255 e. The molecule has 0 bridgehead atoms. The van der Waals surface area contributed by atoms with Crippen molar-refractivity contribution in [1.82, 2.24) is 10.6 Å². The molecule has 158 valence electrons. The topological polar surface area (TPSA) is 98.0 Å². The van der Waals surface area contributed by atoms with Gasteiger partial charge in [-0.1, -0.05) is 29.8 Å². The Morgan fingerprint density at radius 3 is 2.62 bits per heavy atom. The summed E-state index contributed by atoms with van der Waals surface area (Å²) < 4.78 is 10.5. The lowest BCUT2D eigenvalue weighted by Gasteiger charge is -2.13. The van der Waals surface area contributed by atoms with E-state index in [0.29, 0.717) is 29.8 Å². The van der Waals surface area contributed by atoms with Crippen LogP contribution in [0.3, 0.4) is 0 Å². The van der Waals surface area contributed by atoms with E-state index in [-0.39, 0.29) is 30.6 Å². The first kappa shape index (κ1) is 24.8. The molecular formula is C20H26ClIN4O3. The summed E-state index contributed by atoms with van der Waals surface area (Å²) >= 11 is 6.26. The van der Waals surface area contributed by atoms with Crippen LogP contribution in [0, 0.1) is 0 Å². The number of carbonyl (C=O) groups excluding carboxylic acids is 1. The number of nitrogens with one attached hydrogen (secondary N) is 2. The molecule has 0 saturated carbocycles. The Hall–Kier alpha value is -2.20. The third-order valence-electron chi connectivity index (χ3n) is 3.91. The first-order valence-corrected chi connectivity index (χ1v) is 9.16. The van der Waals surface area contributed by atoms with Crippen LogP contribution in [0.1, 0.15) is 11.1 Å². The number of guanidine groups is 1. The molecule has 0 aliphatic carbocycles. The Kier molecular flexibility index (Phi) is 11.2. The van der Waals surface area contributed by atoms with Crippen molar-refractivity contribution < 1.29 is 14.3 Å². The van der Waals surface area contributed by atoms with E-state index in [2.05, 4.69) is 15.6 Å². The zero-order valence-corrected chi connectivity index (χ0v) is 19.5. The highest BCUT2D eigenvalue weighted by molar-refractivity contribution is 14.0. The summed E-state index contributed by atoms with van der Waals surface area (Å²) in [7, 11) is 3.32. The monoisotopic (exact) mass is 532 g/mol. The minimum Gasteiger partial charge on any atom is -0.497 e. The van der Waals surface area contributed by atoms with Crippen molar-refractivity contribution in [1.29, 1.82) is 0 Å². The van der Waals surface area contributed by atoms with E-state index in [1.807, 2.05) is 30.3 Å². The molecule has 2 aromatic rings. The molecule has 0 spiro atoms. The van der Waals surface area contributed by atoms with Crippen LogP contribution in [-0.2, 0) is 17.8 Å². The Labute approximate surface area is 193 Å². The van der Waals surface area contributed by atoms with E-state index in [1.54, 1.807) is 26.3 Å². The second kappa shape index (κ2) is 13.1. The number of nitrogens with two attached hydrogens (primary N) is 1. The number of aliphatic imine (C=N–C) groups is 1. The van der Waals surface area contributed by atoms with E-state index >= 15 is 0 Å². The standard InChI is InChI=1S/C20H25ClN4O3.HI/c1-23-20(24-9-8-15-6-7-16(27-2)11-18(15)21)25-12-14-4-3-5-17(10-14)28-13-19(22)26;/h3-7,10-11H,8-9,12-13H2,1-2H3,(H2,22,26)(H2,23,24,25);1H. The Morgan fingerprint density at radius 2 is 1.97 bits per heavy atom. The second-order valence-corrected chi connectivity index (χ2v) is 6.37. The quantitative estimate of drug-likeness (QED) is 0.262. The molecule has 2 aromatic carbocycles. The van der Waals surface area contributed by atoms with Crippen LogP contribution >= 0.6 is 35.6 Å². The lowest BCUT2D eigenvalue weighted by molar-refractivity contribution is -0.119. The Balaban J connectivity index is 0.00000420. The summed E-state index contributed by atoms with van der Waals surface area (Å²) in [6.07, 6.45) is 0.750. The minimum absolute atomic E-state index is 0. The van der Waals surface area contributed by atoms with Gasteiger partial charge in [0.2, 0.25) is 0 Å². The number of rotatable bonds is 9. The SMILES string of the molecule is CN=C(NCCc1ccc(OC)cc1Cl)NCc1cccc(OCC(N)=O)c1.I. The van der Waals surface area contributed by atoms with Crippen LogP contribution in [0.25, 0.3) is 0 Å². The highest BCUT2D eigenvalue weighted by Crippen LogP contribution is 2.22. The zero-order chi connectivity index (χ0) is 20.4. The fourth-order valence-electron chi connectivity index (χ4n) is 2.48. The number of amides is 1. The highest BCUT2D eigenvalue weighted by Gasteiger charge is 2.04. The lowest BCUT2D eigenvalue weighted by atomic mass is 10.1. The fourth-order valence-corrected chi connectivity index (χ4v) is 2.74. The molecule has 2 rings (SSSR count). The van der Waals surface area contributed by atoms with Gasteiger partial charge in [-0.3, -0.25) is 9.79 Å². The number of methoxy groups -OCH3 is 1. The van der Waals surface area contributed by atoms with Crippen molar-refractivity contribution in [2.24, 2.45) is 10.7 Å². The van der Waals surface area contributed by atoms with Crippen molar-refractivity contribution in [2.75, 3.05) is 27.3 Å². The summed E-state index contributed by atoms with van der Waals surface area (Å²) in [4.78, 5) is 15.0. The highest BCUT2D eigenvalue weighted by atomic mass is 127. The molecular weight excluding hydrogens is 507 g/mol. The molecule has 0 aliphatic rings. The van der Waals surface area contributed by atoms with Crippen molar-refractivity contribution in [3.63, 3.8) is 0 Å². The first-order valence-electron chi connectivity index (χ1n) is 8.78. The van der Waals surface area contributed by atoms with E-state index < -0.39 is 5.91 Å². The molecule has 9 heteroatoms. The largest absolute Gasteiger partial charge is 0.497 e. The van der Waals surface area contributed by atoms with Crippen LogP contribution in [0.15, 0.2) is 47.5 Å². The van der Waals surface area contributed by atoms with Gasteiger partial charge in [0.1, 0.15) is 11.5 Å². The summed E-state index contributed by atoms with van der Waals surface area (Å²) in [6, 6.07) is 13.1. The molecule has 7 nitrogen and oxygen atoms in total. The number of ether oxygens (including phenoxy) is 2. The van der Waals surface area contributed by atoms with Gasteiger partial charge in [-0.25, -0.2) is 0 Å².